The number of nitrogens with zero attached hydrogens (tertiary/aromatic N) is 1. The number of pyridine rings is 1. The Kier molecular flexibility index (Phi) is 12.2. The summed E-state index contributed by atoms with van der Waals surface area (Å²) < 4.78 is 89.7. The van der Waals surface area contributed by atoms with Gasteiger partial charge in [-0.05, 0) is 48.2 Å². The van der Waals surface area contributed by atoms with Crippen molar-refractivity contribution in [3.05, 3.63) is 95.1 Å². The smallest absolute Gasteiger partial charge is 0.407 e. The van der Waals surface area contributed by atoms with Crippen LogP contribution in [0.3, 0.4) is 0 Å². The van der Waals surface area contributed by atoms with Crippen LogP contribution in [-0.2, 0) is 20.7 Å². The second-order valence-electron chi connectivity index (χ2n) is 10.8. The molecule has 5 N–H and O–H groups in total. The van der Waals surface area contributed by atoms with Gasteiger partial charge in [0.15, 0.2) is 0 Å². The van der Waals surface area contributed by atoms with E-state index in [1.807, 2.05) is 0 Å². The summed E-state index contributed by atoms with van der Waals surface area (Å²) in [6.45, 7) is -1.52. The number of benzene rings is 2. The molecule has 258 valence electrons. The SMILES string of the molecule is O=C(O)N[C@H](C(=O)Nc1cncc(F)c1CC[C@@H]1CN[C@H](COC(=O)NCC(F)(F)F)CO1)C(c1ccc(F)cc1)c1ccc(F)cc1. The van der Waals surface area contributed by atoms with Crippen molar-refractivity contribution in [2.45, 2.75) is 43.1 Å². The molecule has 3 amide bonds. The van der Waals surface area contributed by atoms with Gasteiger partial charge >= 0.3 is 18.4 Å². The van der Waals surface area contributed by atoms with E-state index in [2.05, 4.69) is 20.9 Å². The van der Waals surface area contributed by atoms with Gasteiger partial charge in [-0.3, -0.25) is 9.78 Å². The van der Waals surface area contributed by atoms with Crippen LogP contribution >= 0.6 is 0 Å². The summed E-state index contributed by atoms with van der Waals surface area (Å²) >= 11 is 0. The topological polar surface area (TPSA) is 151 Å². The Hall–Kier alpha value is -4.90. The largest absolute Gasteiger partial charge is 0.465 e. The zero-order chi connectivity index (χ0) is 34.8. The highest BCUT2D eigenvalue weighted by Gasteiger charge is 2.34. The number of ether oxygens (including phenoxy) is 2. The van der Waals surface area contributed by atoms with Crippen molar-refractivity contribution >= 4 is 23.8 Å². The van der Waals surface area contributed by atoms with Gasteiger partial charge in [0.2, 0.25) is 5.91 Å². The van der Waals surface area contributed by atoms with Crippen LogP contribution in [0.2, 0.25) is 0 Å². The molecule has 4 rings (SSSR count). The minimum Gasteiger partial charge on any atom is -0.465 e. The first-order chi connectivity index (χ1) is 22.8. The van der Waals surface area contributed by atoms with Gasteiger partial charge < -0.3 is 35.8 Å². The fourth-order valence-electron chi connectivity index (χ4n) is 5.05. The van der Waals surface area contributed by atoms with E-state index in [1.54, 1.807) is 5.32 Å². The zero-order valence-corrected chi connectivity index (χ0v) is 25.0. The van der Waals surface area contributed by atoms with Crippen molar-refractivity contribution in [3.8, 4) is 0 Å². The monoisotopic (exact) mass is 683 g/mol. The Bertz CT molecular complexity index is 1510. The molecular formula is C31H31F6N5O6. The fourth-order valence-corrected chi connectivity index (χ4v) is 5.05. The van der Waals surface area contributed by atoms with Gasteiger partial charge in [-0.25, -0.2) is 22.8 Å². The molecule has 2 heterocycles. The molecule has 0 spiro atoms. The van der Waals surface area contributed by atoms with Crippen molar-refractivity contribution in [1.29, 1.82) is 0 Å². The van der Waals surface area contributed by atoms with Gasteiger partial charge in [-0.15, -0.1) is 0 Å². The van der Waals surface area contributed by atoms with E-state index in [-0.39, 0.29) is 43.9 Å². The number of hydrogen-bond acceptors (Lipinski definition) is 7. The third-order valence-electron chi connectivity index (χ3n) is 7.35. The number of nitrogens with one attached hydrogen (secondary N) is 4. The van der Waals surface area contributed by atoms with Crippen molar-refractivity contribution in [3.63, 3.8) is 0 Å². The number of morpholine rings is 1. The first-order valence-corrected chi connectivity index (χ1v) is 14.5. The van der Waals surface area contributed by atoms with E-state index in [9.17, 15) is 41.4 Å². The van der Waals surface area contributed by atoms with Gasteiger partial charge in [0, 0.05) is 18.0 Å². The number of halogens is 6. The van der Waals surface area contributed by atoms with Crippen LogP contribution in [0, 0.1) is 17.5 Å². The molecule has 1 aliphatic rings. The summed E-state index contributed by atoms with van der Waals surface area (Å²) in [6, 6.07) is 7.91. The Balaban J connectivity index is 1.43. The molecule has 0 saturated carbocycles. The molecule has 0 unspecified atom stereocenters. The van der Waals surface area contributed by atoms with Gasteiger partial charge in [0.05, 0.1) is 36.8 Å². The molecule has 1 saturated heterocycles. The summed E-state index contributed by atoms with van der Waals surface area (Å²) in [5.74, 6) is -3.87. The Morgan fingerprint density at radius 3 is 2.17 bits per heavy atom. The van der Waals surface area contributed by atoms with Gasteiger partial charge in [0.1, 0.15) is 36.6 Å². The number of carboxylic acid groups (broad SMARTS) is 1. The van der Waals surface area contributed by atoms with E-state index in [4.69, 9.17) is 9.47 Å². The van der Waals surface area contributed by atoms with Crippen molar-refractivity contribution in [2.75, 3.05) is 31.6 Å². The fraction of sp³-hybridized carbons (Fsp3) is 0.355. The second kappa shape index (κ2) is 16.3. The summed E-state index contributed by atoms with van der Waals surface area (Å²) in [6.07, 6.45) is -5.43. The summed E-state index contributed by atoms with van der Waals surface area (Å²) in [5, 5.41) is 19.0. The quantitative estimate of drug-likeness (QED) is 0.176. The molecule has 0 aliphatic carbocycles. The Morgan fingerprint density at radius 2 is 1.62 bits per heavy atom. The molecule has 3 aromatic rings. The van der Waals surface area contributed by atoms with E-state index in [0.717, 1.165) is 30.5 Å². The molecule has 48 heavy (non-hydrogen) atoms. The van der Waals surface area contributed by atoms with Crippen molar-refractivity contribution in [1.82, 2.24) is 20.9 Å². The number of alkyl carbamates (subject to hydrolysis) is 1. The number of rotatable bonds is 12. The highest BCUT2D eigenvalue weighted by Crippen LogP contribution is 2.30. The lowest BCUT2D eigenvalue weighted by Crippen LogP contribution is -2.49. The van der Waals surface area contributed by atoms with Crippen LogP contribution in [0.5, 0.6) is 0 Å². The van der Waals surface area contributed by atoms with Crippen LogP contribution in [-0.4, -0.2) is 78.9 Å². The van der Waals surface area contributed by atoms with Crippen LogP contribution in [0.1, 0.15) is 29.0 Å². The lowest BCUT2D eigenvalue weighted by molar-refractivity contribution is -0.124. The maximum Gasteiger partial charge on any atom is 0.407 e. The zero-order valence-electron chi connectivity index (χ0n) is 25.0. The number of hydrogen-bond donors (Lipinski definition) is 5. The molecule has 0 radical (unpaired) electrons. The predicted octanol–water partition coefficient (Wildman–Crippen LogP) is 4.48. The first kappa shape index (κ1) is 35.9. The lowest BCUT2D eigenvalue weighted by Gasteiger charge is -2.30. The third-order valence-corrected chi connectivity index (χ3v) is 7.35. The van der Waals surface area contributed by atoms with Gasteiger partial charge in [-0.2, -0.15) is 13.2 Å². The predicted molar refractivity (Wildman–Crippen MR) is 158 cm³/mol. The highest BCUT2D eigenvalue weighted by molar-refractivity contribution is 5.98. The van der Waals surface area contributed by atoms with Crippen molar-refractivity contribution in [2.24, 2.45) is 0 Å². The van der Waals surface area contributed by atoms with Crippen LogP contribution in [0.4, 0.5) is 41.6 Å². The minimum atomic E-state index is -4.58. The molecule has 1 fully saturated rings. The maximum absolute atomic E-state index is 15.0. The number of amides is 3. The average molecular weight is 684 g/mol. The molecule has 0 bridgehead atoms. The molecule has 17 heteroatoms. The van der Waals surface area contributed by atoms with E-state index in [0.29, 0.717) is 11.1 Å². The summed E-state index contributed by atoms with van der Waals surface area (Å²) in [5.41, 5.74) is 0.668. The first-order valence-electron chi connectivity index (χ1n) is 14.5. The standard InChI is InChI=1S/C31H31F6N5O6/c32-19-5-1-17(2-6-19)26(18-3-7-20(33)8-4-18)27(42-29(44)45)28(43)41-25-13-38-12-24(34)23(25)10-9-22-11-39-21(14-47-22)15-48-30(46)40-16-31(35,36)37/h1-8,12-13,21-22,26-27,39,42H,9-11,14-16H2,(H,40,46)(H,41,43)(H,44,45)/t21-,22+,27-/m0/s1. The average Bonchev–Trinajstić information content (AvgIpc) is 3.04. The normalized spacial score (nSPS) is 17.0. The Morgan fingerprint density at radius 1 is 1.00 bits per heavy atom. The lowest BCUT2D eigenvalue weighted by atomic mass is 9.84. The molecule has 2 aromatic carbocycles. The number of alkyl halides is 3. The van der Waals surface area contributed by atoms with Crippen LogP contribution < -0.4 is 21.3 Å². The Labute approximate surface area is 270 Å². The minimum absolute atomic E-state index is 0.0354. The molecule has 1 aromatic heterocycles. The molecule has 11 nitrogen and oxygen atoms in total. The summed E-state index contributed by atoms with van der Waals surface area (Å²) in [4.78, 5) is 40.8. The van der Waals surface area contributed by atoms with Gasteiger partial charge in [-0.1, -0.05) is 24.3 Å². The molecular weight excluding hydrogens is 652 g/mol. The molecule has 1 aliphatic heterocycles. The van der Waals surface area contributed by atoms with Crippen LogP contribution in [0.15, 0.2) is 60.9 Å². The van der Waals surface area contributed by atoms with E-state index in [1.165, 1.54) is 30.5 Å². The third kappa shape index (κ3) is 10.6. The summed E-state index contributed by atoms with van der Waals surface area (Å²) in [7, 11) is 0. The number of aromatic nitrogens is 1. The second-order valence-corrected chi connectivity index (χ2v) is 10.8. The number of carbonyl (C=O) groups excluding carboxylic acids is 2. The van der Waals surface area contributed by atoms with E-state index < -0.39 is 72.4 Å². The van der Waals surface area contributed by atoms with Crippen LogP contribution in [0.25, 0.3) is 0 Å². The maximum atomic E-state index is 15.0. The van der Waals surface area contributed by atoms with Gasteiger partial charge in [0.25, 0.3) is 0 Å². The molecule has 3 atom stereocenters. The number of carbonyl (C=O) groups is 3. The van der Waals surface area contributed by atoms with E-state index >= 15 is 4.39 Å². The number of anilines is 1. The van der Waals surface area contributed by atoms with Crippen molar-refractivity contribution < 1.29 is 55.3 Å². The highest BCUT2D eigenvalue weighted by atomic mass is 19.4.